The smallest absolute Gasteiger partial charge is 0.191 e. The minimum atomic E-state index is 0. The fourth-order valence-corrected chi connectivity index (χ4v) is 4.67. The second-order valence-electron chi connectivity index (χ2n) is 9.13. The number of hydrogen-bond acceptors (Lipinski definition) is 5. The quantitative estimate of drug-likeness (QED) is 0.292. The molecule has 0 bridgehead atoms. The molecule has 2 aliphatic rings. The molecule has 7 nitrogen and oxygen atoms in total. The number of likely N-dealkylation sites (tertiary alicyclic amines) is 1. The Bertz CT molecular complexity index is 860. The van der Waals surface area contributed by atoms with Crippen molar-refractivity contribution in [3.05, 3.63) is 54.0 Å². The van der Waals surface area contributed by atoms with Crippen molar-refractivity contribution in [3.8, 4) is 0 Å². The number of pyridine rings is 2. The van der Waals surface area contributed by atoms with E-state index in [0.29, 0.717) is 12.6 Å². The van der Waals surface area contributed by atoms with E-state index in [2.05, 4.69) is 61.6 Å². The Morgan fingerprint density at radius 1 is 1.00 bits per heavy atom. The van der Waals surface area contributed by atoms with E-state index in [0.717, 1.165) is 69.6 Å². The third-order valence-electron chi connectivity index (χ3n) is 6.54. The summed E-state index contributed by atoms with van der Waals surface area (Å²) in [5.41, 5.74) is 2.36. The van der Waals surface area contributed by atoms with Gasteiger partial charge in [0.2, 0.25) is 0 Å². The molecule has 0 saturated carbocycles. The largest absolute Gasteiger partial charge is 0.357 e. The third-order valence-corrected chi connectivity index (χ3v) is 6.54. The summed E-state index contributed by atoms with van der Waals surface area (Å²) in [6, 6.07) is 10.9. The van der Waals surface area contributed by atoms with E-state index in [1.807, 2.05) is 18.5 Å². The minimum Gasteiger partial charge on any atom is -0.357 e. The van der Waals surface area contributed by atoms with Crippen LogP contribution in [-0.4, -0.2) is 59.6 Å². The van der Waals surface area contributed by atoms with Crippen molar-refractivity contribution in [1.29, 1.82) is 0 Å². The molecule has 2 aromatic rings. The van der Waals surface area contributed by atoms with Crippen LogP contribution in [0.5, 0.6) is 0 Å². The number of aromatic nitrogens is 2. The summed E-state index contributed by atoms with van der Waals surface area (Å²) < 4.78 is 0. The second kappa shape index (κ2) is 14.5. The summed E-state index contributed by atoms with van der Waals surface area (Å²) in [5, 5.41) is 7.10. The van der Waals surface area contributed by atoms with E-state index in [-0.39, 0.29) is 24.0 Å². The monoisotopic (exact) mass is 577 g/mol. The molecule has 4 rings (SSSR count). The van der Waals surface area contributed by atoms with Gasteiger partial charge >= 0.3 is 0 Å². The zero-order chi connectivity index (χ0) is 22.7. The van der Waals surface area contributed by atoms with Gasteiger partial charge in [0, 0.05) is 57.7 Å². The van der Waals surface area contributed by atoms with E-state index >= 15 is 0 Å². The molecule has 34 heavy (non-hydrogen) atoms. The first-order valence-electron chi connectivity index (χ1n) is 12.7. The van der Waals surface area contributed by atoms with Crippen molar-refractivity contribution < 1.29 is 0 Å². The van der Waals surface area contributed by atoms with Crippen LogP contribution in [0.3, 0.4) is 0 Å². The molecule has 2 N–H and O–H groups in total. The van der Waals surface area contributed by atoms with Crippen molar-refractivity contribution in [2.24, 2.45) is 4.99 Å². The first-order valence-corrected chi connectivity index (χ1v) is 12.7. The highest BCUT2D eigenvalue weighted by Gasteiger charge is 2.20. The van der Waals surface area contributed by atoms with Crippen LogP contribution in [0.2, 0.25) is 0 Å². The van der Waals surface area contributed by atoms with Crippen LogP contribution < -0.4 is 15.5 Å². The van der Waals surface area contributed by atoms with Crippen molar-refractivity contribution in [1.82, 2.24) is 25.5 Å². The number of nitrogens with zero attached hydrogens (tertiary/aromatic N) is 5. The molecule has 2 aromatic heterocycles. The summed E-state index contributed by atoms with van der Waals surface area (Å²) in [4.78, 5) is 18.9. The van der Waals surface area contributed by atoms with Gasteiger partial charge in [-0.15, -0.1) is 24.0 Å². The number of rotatable bonds is 7. The van der Waals surface area contributed by atoms with Gasteiger partial charge in [-0.25, -0.2) is 9.98 Å². The molecule has 0 aliphatic carbocycles. The maximum absolute atomic E-state index is 4.89. The molecule has 0 amide bonds. The van der Waals surface area contributed by atoms with Crippen molar-refractivity contribution in [2.75, 3.05) is 37.6 Å². The van der Waals surface area contributed by atoms with Gasteiger partial charge in [-0.05, 0) is 62.4 Å². The fraction of sp³-hybridized carbons (Fsp3) is 0.577. The topological polar surface area (TPSA) is 68.7 Å². The van der Waals surface area contributed by atoms with Crippen LogP contribution in [0.25, 0.3) is 0 Å². The number of halogens is 1. The summed E-state index contributed by atoms with van der Waals surface area (Å²) >= 11 is 0. The third kappa shape index (κ3) is 8.37. The zero-order valence-electron chi connectivity index (χ0n) is 20.5. The number of piperidine rings is 1. The highest BCUT2D eigenvalue weighted by atomic mass is 127. The standard InChI is InChI=1S/C26H39N7.HI/c1-2-27-26(31-23-11-17-32(18-12-23)21-24-9-5-6-13-28-24)30-20-22-10-14-29-25(19-22)33-15-7-3-4-8-16-33;/h5-6,9-10,13-14,19,23H,2-4,7-8,11-12,15-18,20-21H2,1H3,(H2,27,30,31);1H. The Balaban J connectivity index is 0.00000324. The highest BCUT2D eigenvalue weighted by Crippen LogP contribution is 2.19. The fourth-order valence-electron chi connectivity index (χ4n) is 4.67. The van der Waals surface area contributed by atoms with Crippen LogP contribution in [0.1, 0.15) is 56.7 Å². The molecule has 0 atom stereocenters. The van der Waals surface area contributed by atoms with E-state index < -0.39 is 0 Å². The molecule has 2 fully saturated rings. The summed E-state index contributed by atoms with van der Waals surface area (Å²) in [7, 11) is 0. The first kappa shape index (κ1) is 26.7. The lowest BCUT2D eigenvalue weighted by Crippen LogP contribution is -2.48. The molecule has 8 heteroatoms. The molecule has 0 radical (unpaired) electrons. The van der Waals surface area contributed by atoms with Crippen molar-refractivity contribution in [2.45, 2.75) is 64.6 Å². The van der Waals surface area contributed by atoms with Crippen LogP contribution in [0.4, 0.5) is 5.82 Å². The number of anilines is 1. The van der Waals surface area contributed by atoms with Gasteiger partial charge in [-0.1, -0.05) is 18.9 Å². The van der Waals surface area contributed by atoms with Crippen LogP contribution in [0.15, 0.2) is 47.7 Å². The Labute approximate surface area is 221 Å². The Kier molecular flexibility index (Phi) is 11.3. The zero-order valence-corrected chi connectivity index (χ0v) is 22.8. The normalized spacial score (nSPS) is 18.1. The molecular formula is C26H40IN7. The van der Waals surface area contributed by atoms with Gasteiger partial charge in [-0.3, -0.25) is 9.88 Å². The van der Waals surface area contributed by atoms with Crippen LogP contribution >= 0.6 is 24.0 Å². The maximum Gasteiger partial charge on any atom is 0.191 e. The Morgan fingerprint density at radius 3 is 2.50 bits per heavy atom. The minimum absolute atomic E-state index is 0. The lowest BCUT2D eigenvalue weighted by atomic mass is 10.0. The van der Waals surface area contributed by atoms with Gasteiger partial charge in [0.15, 0.2) is 5.96 Å². The highest BCUT2D eigenvalue weighted by molar-refractivity contribution is 14.0. The number of nitrogens with one attached hydrogen (secondary N) is 2. The number of hydrogen-bond donors (Lipinski definition) is 2. The summed E-state index contributed by atoms with van der Waals surface area (Å²) in [6.07, 6.45) is 11.2. The van der Waals surface area contributed by atoms with Gasteiger partial charge < -0.3 is 15.5 Å². The molecular weight excluding hydrogens is 537 g/mol. The first-order chi connectivity index (χ1) is 16.3. The van der Waals surface area contributed by atoms with Gasteiger partial charge in [0.1, 0.15) is 5.82 Å². The van der Waals surface area contributed by atoms with E-state index in [1.54, 1.807) is 0 Å². The van der Waals surface area contributed by atoms with E-state index in [4.69, 9.17) is 4.99 Å². The SMILES string of the molecule is CCNC(=NCc1ccnc(N2CCCCCC2)c1)NC1CCN(Cc2ccccn2)CC1.I. The molecule has 0 spiro atoms. The van der Waals surface area contributed by atoms with Gasteiger partial charge in [-0.2, -0.15) is 0 Å². The van der Waals surface area contributed by atoms with Gasteiger partial charge in [0.05, 0.1) is 12.2 Å². The predicted octanol–water partition coefficient (Wildman–Crippen LogP) is 4.19. The Morgan fingerprint density at radius 2 is 1.79 bits per heavy atom. The van der Waals surface area contributed by atoms with Crippen LogP contribution in [-0.2, 0) is 13.1 Å². The second-order valence-corrected chi connectivity index (χ2v) is 9.13. The average molecular weight is 578 g/mol. The molecule has 0 aromatic carbocycles. The molecule has 2 aliphatic heterocycles. The molecule has 0 unspecified atom stereocenters. The maximum atomic E-state index is 4.89. The van der Waals surface area contributed by atoms with Gasteiger partial charge in [0.25, 0.3) is 0 Å². The lowest BCUT2D eigenvalue weighted by Gasteiger charge is -2.32. The van der Waals surface area contributed by atoms with Crippen LogP contribution in [0, 0.1) is 0 Å². The average Bonchev–Trinajstić information content (AvgIpc) is 3.15. The summed E-state index contributed by atoms with van der Waals surface area (Å²) in [6.45, 7) is 8.97. The summed E-state index contributed by atoms with van der Waals surface area (Å²) in [5.74, 6) is 2.01. The lowest BCUT2D eigenvalue weighted by molar-refractivity contribution is 0.196. The molecule has 2 saturated heterocycles. The van der Waals surface area contributed by atoms with E-state index in [9.17, 15) is 0 Å². The predicted molar refractivity (Wildman–Crippen MR) is 151 cm³/mol. The molecule has 4 heterocycles. The van der Waals surface area contributed by atoms with Crippen molar-refractivity contribution >= 4 is 35.8 Å². The molecule has 186 valence electrons. The number of aliphatic imine (C=N–C) groups is 1. The Hall–Kier alpha value is -1.94. The number of guanidine groups is 1. The van der Waals surface area contributed by atoms with E-state index in [1.165, 1.54) is 31.2 Å². The van der Waals surface area contributed by atoms with Crippen molar-refractivity contribution in [3.63, 3.8) is 0 Å².